The Morgan fingerprint density at radius 3 is 1.82 bits per heavy atom. The van der Waals surface area contributed by atoms with Crippen molar-refractivity contribution in [2.45, 2.75) is 24.8 Å². The summed E-state index contributed by atoms with van der Waals surface area (Å²) in [5.74, 6) is 0. The number of nitriles is 1. The van der Waals surface area contributed by atoms with Gasteiger partial charge in [-0.05, 0) is 11.1 Å². The highest BCUT2D eigenvalue weighted by molar-refractivity contribution is 5.23. The van der Waals surface area contributed by atoms with Gasteiger partial charge >= 0.3 is 6.18 Å². The number of ether oxygens (including phenoxy) is 1. The molecule has 0 aliphatic carbocycles. The van der Waals surface area contributed by atoms with Gasteiger partial charge in [-0.3, -0.25) is 0 Å². The number of halogens is 3. The van der Waals surface area contributed by atoms with Crippen molar-refractivity contribution in [3.63, 3.8) is 0 Å². The third-order valence-corrected chi connectivity index (χ3v) is 3.26. The molecule has 0 radical (unpaired) electrons. The maximum Gasteiger partial charge on any atom is 0.431 e. The van der Waals surface area contributed by atoms with Crippen LogP contribution in [-0.4, -0.2) is 11.8 Å². The first-order chi connectivity index (χ1) is 10.5. The number of rotatable bonds is 5. The third-order valence-electron chi connectivity index (χ3n) is 3.26. The van der Waals surface area contributed by atoms with Crippen LogP contribution in [0.4, 0.5) is 13.2 Å². The van der Waals surface area contributed by atoms with Gasteiger partial charge in [0.05, 0.1) is 6.61 Å². The Morgan fingerprint density at radius 2 is 1.36 bits per heavy atom. The molecule has 2 rings (SSSR count). The fourth-order valence-electron chi connectivity index (χ4n) is 2.03. The topological polar surface area (TPSA) is 33.0 Å². The molecular weight excluding hydrogens is 291 g/mol. The van der Waals surface area contributed by atoms with Crippen molar-refractivity contribution in [3.8, 4) is 6.07 Å². The van der Waals surface area contributed by atoms with Crippen LogP contribution in [0.25, 0.3) is 0 Å². The second-order valence-corrected chi connectivity index (χ2v) is 4.87. The molecule has 1 unspecified atom stereocenters. The molecule has 0 N–H and O–H groups in total. The zero-order valence-electron chi connectivity index (χ0n) is 11.7. The average Bonchev–Trinajstić information content (AvgIpc) is 2.52. The number of hydrogen-bond acceptors (Lipinski definition) is 2. The number of alkyl halides is 3. The predicted octanol–water partition coefficient (Wildman–Crippen LogP) is 4.27. The van der Waals surface area contributed by atoms with E-state index in [1.807, 2.05) is 0 Å². The summed E-state index contributed by atoms with van der Waals surface area (Å²) in [5.41, 5.74) is -1.88. The van der Waals surface area contributed by atoms with Crippen molar-refractivity contribution in [3.05, 3.63) is 71.8 Å². The molecule has 5 heteroatoms. The summed E-state index contributed by atoms with van der Waals surface area (Å²) in [5, 5.41) is 9.16. The van der Waals surface area contributed by atoms with Gasteiger partial charge < -0.3 is 4.74 Å². The fraction of sp³-hybridized carbons (Fsp3) is 0.235. The largest absolute Gasteiger partial charge is 0.431 e. The molecular formula is C17H14F3NO. The molecule has 0 heterocycles. The van der Waals surface area contributed by atoms with Gasteiger partial charge in [0.15, 0.2) is 0 Å². The summed E-state index contributed by atoms with van der Waals surface area (Å²) in [7, 11) is 0. The zero-order chi connectivity index (χ0) is 16.1. The molecule has 0 fully saturated rings. The number of nitrogens with zero attached hydrogens (tertiary/aromatic N) is 1. The van der Waals surface area contributed by atoms with E-state index in [-0.39, 0.29) is 6.61 Å². The van der Waals surface area contributed by atoms with Gasteiger partial charge in [-0.2, -0.15) is 18.4 Å². The highest BCUT2D eigenvalue weighted by Crippen LogP contribution is 2.37. The SMILES string of the molecule is N#CC(Cc1ccccc1)(OCc1ccccc1)C(F)(F)F. The number of benzene rings is 2. The maximum absolute atomic E-state index is 13.4. The summed E-state index contributed by atoms with van der Waals surface area (Å²) in [6, 6.07) is 17.9. The van der Waals surface area contributed by atoms with Crippen molar-refractivity contribution in [2.75, 3.05) is 0 Å². The molecule has 2 nitrogen and oxygen atoms in total. The van der Waals surface area contributed by atoms with E-state index >= 15 is 0 Å². The zero-order valence-corrected chi connectivity index (χ0v) is 11.7. The Kier molecular flexibility index (Phi) is 4.84. The molecule has 0 saturated heterocycles. The minimum absolute atomic E-state index is 0.277. The van der Waals surface area contributed by atoms with E-state index in [1.54, 1.807) is 60.7 Å². The van der Waals surface area contributed by atoms with Crippen LogP contribution in [0, 0.1) is 11.3 Å². The minimum Gasteiger partial charge on any atom is -0.347 e. The van der Waals surface area contributed by atoms with Gasteiger partial charge in [0.25, 0.3) is 5.60 Å². The first kappa shape index (κ1) is 16.1. The van der Waals surface area contributed by atoms with Crippen LogP contribution in [0.5, 0.6) is 0 Å². The first-order valence-electron chi connectivity index (χ1n) is 6.67. The second kappa shape index (κ2) is 6.63. The molecule has 0 aliphatic heterocycles. The molecule has 0 aromatic heterocycles. The lowest BCUT2D eigenvalue weighted by Crippen LogP contribution is -2.48. The van der Waals surface area contributed by atoms with Gasteiger partial charge in [-0.25, -0.2) is 0 Å². The van der Waals surface area contributed by atoms with Crippen LogP contribution in [0.15, 0.2) is 60.7 Å². The van der Waals surface area contributed by atoms with Crippen LogP contribution in [0.1, 0.15) is 11.1 Å². The van der Waals surface area contributed by atoms with Crippen molar-refractivity contribution in [2.24, 2.45) is 0 Å². The molecule has 0 bridgehead atoms. The smallest absolute Gasteiger partial charge is 0.347 e. The molecule has 0 saturated carbocycles. The highest BCUT2D eigenvalue weighted by atomic mass is 19.4. The standard InChI is InChI=1S/C17H14F3NO/c18-17(19,20)16(13-21,11-14-7-3-1-4-8-14)22-12-15-9-5-2-6-10-15/h1-10H,11-12H2. The lowest BCUT2D eigenvalue weighted by Gasteiger charge is -2.29. The lowest BCUT2D eigenvalue weighted by atomic mass is 9.95. The van der Waals surface area contributed by atoms with Crippen molar-refractivity contribution in [1.29, 1.82) is 5.26 Å². The summed E-state index contributed by atoms with van der Waals surface area (Å²) >= 11 is 0. The Hall–Kier alpha value is -2.32. The molecule has 0 amide bonds. The van der Waals surface area contributed by atoms with Crippen molar-refractivity contribution < 1.29 is 17.9 Å². The van der Waals surface area contributed by atoms with Crippen molar-refractivity contribution in [1.82, 2.24) is 0 Å². The van der Waals surface area contributed by atoms with E-state index in [9.17, 15) is 13.2 Å². The third kappa shape index (κ3) is 3.66. The molecule has 0 aliphatic rings. The van der Waals surface area contributed by atoms with Crippen LogP contribution < -0.4 is 0 Å². The number of hydrogen-bond donors (Lipinski definition) is 0. The minimum atomic E-state index is -4.79. The van der Waals surface area contributed by atoms with E-state index in [0.29, 0.717) is 11.1 Å². The summed E-state index contributed by atoms with van der Waals surface area (Å²) in [6.07, 6.45) is -5.33. The van der Waals surface area contributed by atoms with Crippen LogP contribution in [-0.2, 0) is 17.8 Å². The van der Waals surface area contributed by atoms with E-state index in [4.69, 9.17) is 10.00 Å². The quantitative estimate of drug-likeness (QED) is 0.826. The fourth-order valence-corrected chi connectivity index (χ4v) is 2.03. The van der Waals surface area contributed by atoms with Gasteiger partial charge in [0.1, 0.15) is 6.07 Å². The van der Waals surface area contributed by atoms with E-state index in [1.165, 1.54) is 6.07 Å². The second-order valence-electron chi connectivity index (χ2n) is 4.87. The van der Waals surface area contributed by atoms with E-state index in [2.05, 4.69) is 0 Å². The molecule has 1 atom stereocenters. The van der Waals surface area contributed by atoms with Crippen molar-refractivity contribution >= 4 is 0 Å². The monoisotopic (exact) mass is 305 g/mol. The Balaban J connectivity index is 2.24. The Bertz CT molecular complexity index is 634. The average molecular weight is 305 g/mol. The molecule has 2 aromatic carbocycles. The molecule has 0 spiro atoms. The van der Waals surface area contributed by atoms with Crippen LogP contribution >= 0.6 is 0 Å². The maximum atomic E-state index is 13.4. The van der Waals surface area contributed by atoms with Gasteiger partial charge in [0.2, 0.25) is 0 Å². The van der Waals surface area contributed by atoms with Gasteiger partial charge in [0, 0.05) is 6.42 Å². The first-order valence-corrected chi connectivity index (χ1v) is 6.67. The van der Waals surface area contributed by atoms with Gasteiger partial charge in [-0.15, -0.1) is 0 Å². The highest BCUT2D eigenvalue weighted by Gasteiger charge is 2.57. The predicted molar refractivity (Wildman–Crippen MR) is 75.8 cm³/mol. The molecule has 22 heavy (non-hydrogen) atoms. The normalized spacial score (nSPS) is 14.1. The Morgan fingerprint density at radius 1 is 0.864 bits per heavy atom. The molecule has 114 valence electrons. The summed E-state index contributed by atoms with van der Waals surface area (Å²) in [4.78, 5) is 0. The molecule has 2 aromatic rings. The summed E-state index contributed by atoms with van der Waals surface area (Å²) < 4.78 is 45.3. The van der Waals surface area contributed by atoms with Crippen LogP contribution in [0.3, 0.4) is 0 Å². The van der Waals surface area contributed by atoms with E-state index < -0.39 is 18.2 Å². The van der Waals surface area contributed by atoms with E-state index in [0.717, 1.165) is 0 Å². The van der Waals surface area contributed by atoms with Gasteiger partial charge in [-0.1, -0.05) is 60.7 Å². The lowest BCUT2D eigenvalue weighted by molar-refractivity contribution is -0.257. The van der Waals surface area contributed by atoms with Crippen LogP contribution in [0.2, 0.25) is 0 Å². The Labute approximate surface area is 126 Å². The summed E-state index contributed by atoms with van der Waals surface area (Å²) in [6.45, 7) is -0.277.